The molecular weight excluding hydrogens is 208 g/mol. The average Bonchev–Trinajstić information content (AvgIpc) is 2.17. The molecule has 2 N–H and O–H groups in total. The van der Waals surface area contributed by atoms with Crippen LogP contribution in [0.4, 0.5) is 11.4 Å². The van der Waals surface area contributed by atoms with Crippen molar-refractivity contribution < 1.29 is 0 Å². The van der Waals surface area contributed by atoms with E-state index in [1.807, 2.05) is 24.3 Å². The molecule has 0 radical (unpaired) electrons. The molecule has 3 heteroatoms. The van der Waals surface area contributed by atoms with Crippen molar-refractivity contribution in [1.82, 2.24) is 0 Å². The van der Waals surface area contributed by atoms with Crippen LogP contribution in [0.3, 0.4) is 0 Å². The Hall–Kier alpha value is -1.41. The van der Waals surface area contributed by atoms with E-state index >= 15 is 0 Å². The number of anilines is 2. The van der Waals surface area contributed by atoms with Gasteiger partial charge >= 0.3 is 0 Å². The summed E-state index contributed by atoms with van der Waals surface area (Å²) in [6.45, 7) is 8.89. The third-order valence-corrected chi connectivity index (χ3v) is 2.31. The zero-order chi connectivity index (χ0) is 11.3. The Labute approximate surface area is 95.6 Å². The molecule has 0 spiro atoms. The molecule has 0 saturated carbocycles. The summed E-state index contributed by atoms with van der Waals surface area (Å²) >= 11 is 6.11. The van der Waals surface area contributed by atoms with Gasteiger partial charge in [-0.25, -0.2) is 0 Å². The Morgan fingerprint density at radius 3 is 2.33 bits per heavy atom. The van der Waals surface area contributed by atoms with Crippen LogP contribution in [-0.2, 0) is 0 Å². The number of hydrogen-bond donors (Lipinski definition) is 1. The van der Waals surface area contributed by atoms with Gasteiger partial charge in [0.05, 0.1) is 10.7 Å². The first-order chi connectivity index (χ1) is 7.19. The Morgan fingerprint density at radius 2 is 1.87 bits per heavy atom. The third kappa shape index (κ3) is 3.03. The topological polar surface area (TPSA) is 29.3 Å². The minimum atomic E-state index is 0.652. The van der Waals surface area contributed by atoms with Gasteiger partial charge in [-0.1, -0.05) is 23.8 Å². The molecule has 0 aliphatic carbocycles. The number of hydrogen-bond acceptors (Lipinski definition) is 2. The van der Waals surface area contributed by atoms with Crippen molar-refractivity contribution >= 4 is 23.0 Å². The molecule has 0 amide bonds. The highest BCUT2D eigenvalue weighted by atomic mass is 35.5. The van der Waals surface area contributed by atoms with Crippen LogP contribution >= 0.6 is 11.6 Å². The first kappa shape index (κ1) is 11.7. The highest BCUT2D eigenvalue weighted by Gasteiger charge is 2.07. The normalized spacial score (nSPS) is 9.67. The number of nitrogens with two attached hydrogens (primary N) is 1. The number of benzene rings is 1. The maximum Gasteiger partial charge on any atom is 0.0660 e. The van der Waals surface area contributed by atoms with Crippen molar-refractivity contribution in [2.24, 2.45) is 0 Å². The van der Waals surface area contributed by atoms with Crippen LogP contribution in [0.15, 0.2) is 43.5 Å². The molecule has 1 aromatic rings. The van der Waals surface area contributed by atoms with E-state index < -0.39 is 0 Å². The molecule has 1 aromatic carbocycles. The number of rotatable bonds is 5. The zero-order valence-corrected chi connectivity index (χ0v) is 9.37. The summed E-state index contributed by atoms with van der Waals surface area (Å²) in [5, 5.41) is 0.652. The van der Waals surface area contributed by atoms with Crippen LogP contribution in [0.5, 0.6) is 0 Å². The monoisotopic (exact) mass is 222 g/mol. The fraction of sp³-hybridized carbons (Fsp3) is 0.167. The van der Waals surface area contributed by atoms with Crippen LogP contribution in [0.1, 0.15) is 0 Å². The standard InChI is InChI=1S/C12H15ClN2/c1-3-7-15(8-4-2)12-6-5-10(14)9-11(12)13/h3-6,9H,1-2,7-8,14H2. The fourth-order valence-electron chi connectivity index (χ4n) is 1.36. The molecular formula is C12H15ClN2. The zero-order valence-electron chi connectivity index (χ0n) is 8.62. The highest BCUT2D eigenvalue weighted by Crippen LogP contribution is 2.27. The van der Waals surface area contributed by atoms with E-state index in [1.165, 1.54) is 0 Å². The minimum Gasteiger partial charge on any atom is -0.399 e. The average molecular weight is 223 g/mol. The van der Waals surface area contributed by atoms with Gasteiger partial charge in [0.15, 0.2) is 0 Å². The van der Waals surface area contributed by atoms with Gasteiger partial charge in [0, 0.05) is 18.8 Å². The first-order valence-electron chi connectivity index (χ1n) is 4.70. The number of halogens is 1. The molecule has 0 atom stereocenters. The largest absolute Gasteiger partial charge is 0.399 e. The predicted octanol–water partition coefficient (Wildman–Crippen LogP) is 3.10. The van der Waals surface area contributed by atoms with Gasteiger partial charge < -0.3 is 10.6 Å². The second-order valence-electron chi connectivity index (χ2n) is 3.19. The van der Waals surface area contributed by atoms with Crippen LogP contribution in [0.25, 0.3) is 0 Å². The van der Waals surface area contributed by atoms with Crippen LogP contribution < -0.4 is 10.6 Å². The quantitative estimate of drug-likeness (QED) is 0.613. The molecule has 15 heavy (non-hydrogen) atoms. The third-order valence-electron chi connectivity index (χ3n) is 2.01. The molecule has 0 fully saturated rings. The Morgan fingerprint density at radius 1 is 1.27 bits per heavy atom. The van der Waals surface area contributed by atoms with Gasteiger partial charge in [0.25, 0.3) is 0 Å². The van der Waals surface area contributed by atoms with Crippen LogP contribution in [-0.4, -0.2) is 13.1 Å². The Bertz CT molecular complexity index is 351. The van der Waals surface area contributed by atoms with Gasteiger partial charge in [-0.3, -0.25) is 0 Å². The Kier molecular flexibility index (Phi) is 4.25. The molecule has 0 heterocycles. The van der Waals surface area contributed by atoms with Crippen LogP contribution in [0, 0.1) is 0 Å². The number of nitrogen functional groups attached to an aromatic ring is 1. The molecule has 0 unspecified atom stereocenters. The van der Waals surface area contributed by atoms with Gasteiger partial charge in [-0.05, 0) is 18.2 Å². The van der Waals surface area contributed by atoms with E-state index in [-0.39, 0.29) is 0 Å². The summed E-state index contributed by atoms with van der Waals surface area (Å²) in [5.74, 6) is 0. The van der Waals surface area contributed by atoms with Crippen molar-refractivity contribution in [3.63, 3.8) is 0 Å². The second-order valence-corrected chi connectivity index (χ2v) is 3.60. The summed E-state index contributed by atoms with van der Waals surface area (Å²) < 4.78 is 0. The van der Waals surface area contributed by atoms with E-state index in [1.54, 1.807) is 6.07 Å². The lowest BCUT2D eigenvalue weighted by Crippen LogP contribution is -2.23. The Balaban J connectivity index is 2.98. The van der Waals surface area contributed by atoms with Crippen LogP contribution in [0.2, 0.25) is 5.02 Å². The predicted molar refractivity (Wildman–Crippen MR) is 68.5 cm³/mol. The van der Waals surface area contributed by atoms with Gasteiger partial charge in [-0.2, -0.15) is 0 Å². The second kappa shape index (κ2) is 5.47. The summed E-state index contributed by atoms with van der Waals surface area (Å²) in [6.07, 6.45) is 3.66. The van der Waals surface area contributed by atoms with E-state index in [4.69, 9.17) is 17.3 Å². The number of nitrogens with zero attached hydrogens (tertiary/aromatic N) is 1. The summed E-state index contributed by atoms with van der Waals surface area (Å²) in [7, 11) is 0. The van der Waals surface area contributed by atoms with Crippen molar-refractivity contribution in [1.29, 1.82) is 0 Å². The fourth-order valence-corrected chi connectivity index (χ4v) is 1.67. The van der Waals surface area contributed by atoms with Crippen molar-refractivity contribution in [3.05, 3.63) is 48.5 Å². The van der Waals surface area contributed by atoms with Crippen molar-refractivity contribution in [2.45, 2.75) is 0 Å². The molecule has 0 bridgehead atoms. The summed E-state index contributed by atoms with van der Waals surface area (Å²) in [4.78, 5) is 2.07. The first-order valence-corrected chi connectivity index (χ1v) is 5.08. The smallest absolute Gasteiger partial charge is 0.0660 e. The van der Waals surface area contributed by atoms with Gasteiger partial charge in [0.2, 0.25) is 0 Å². The van der Waals surface area contributed by atoms with E-state index in [2.05, 4.69) is 18.1 Å². The lowest BCUT2D eigenvalue weighted by atomic mass is 10.2. The van der Waals surface area contributed by atoms with E-state index in [0.717, 1.165) is 18.8 Å². The minimum absolute atomic E-state index is 0.652. The molecule has 1 rings (SSSR count). The molecule has 2 nitrogen and oxygen atoms in total. The molecule has 0 saturated heterocycles. The maximum absolute atomic E-state index is 6.11. The lowest BCUT2D eigenvalue weighted by molar-refractivity contribution is 0.957. The molecule has 0 aliphatic rings. The summed E-state index contributed by atoms with van der Waals surface area (Å²) in [6, 6.07) is 5.49. The molecule has 80 valence electrons. The van der Waals surface area contributed by atoms with E-state index in [9.17, 15) is 0 Å². The molecule has 0 aliphatic heterocycles. The SMILES string of the molecule is C=CCN(CC=C)c1ccc(N)cc1Cl. The van der Waals surface area contributed by atoms with E-state index in [0.29, 0.717) is 10.7 Å². The molecule has 0 aromatic heterocycles. The van der Waals surface area contributed by atoms with Crippen molar-refractivity contribution in [3.8, 4) is 0 Å². The van der Waals surface area contributed by atoms with Gasteiger partial charge in [0.1, 0.15) is 0 Å². The summed E-state index contributed by atoms with van der Waals surface area (Å²) in [5.41, 5.74) is 7.25. The maximum atomic E-state index is 6.11. The highest BCUT2D eigenvalue weighted by molar-refractivity contribution is 6.33. The van der Waals surface area contributed by atoms with Crippen molar-refractivity contribution in [2.75, 3.05) is 23.7 Å². The van der Waals surface area contributed by atoms with Gasteiger partial charge in [-0.15, -0.1) is 13.2 Å². The lowest BCUT2D eigenvalue weighted by Gasteiger charge is -2.22.